The molecule has 2 heteroatoms. The largest absolute Gasteiger partial charge is 1.00 e. The molecule has 118 valence electrons. The normalized spacial score (nSPS) is 10.8. The van der Waals surface area contributed by atoms with Crippen LogP contribution in [0.1, 0.15) is 105 Å². The van der Waals surface area contributed by atoms with Gasteiger partial charge in [-0.3, -0.25) is 0 Å². The maximum atomic E-state index is 8.67. The number of unbranched alkanes of at least 4 members (excludes halogenated alkanes) is 12. The number of aliphatic hydroxyl groups excluding tert-OH is 1. The van der Waals surface area contributed by atoms with Gasteiger partial charge in [-0.25, -0.2) is 0 Å². The second-order valence-corrected chi connectivity index (χ2v) is 6.50. The fourth-order valence-corrected chi connectivity index (χ4v) is 2.61. The molecule has 0 aromatic carbocycles. The second kappa shape index (κ2) is 20.0. The van der Waals surface area contributed by atoms with Gasteiger partial charge < -0.3 is 6.53 Å². The van der Waals surface area contributed by atoms with Crippen LogP contribution in [-0.4, -0.2) is 11.7 Å². The first kappa shape index (κ1) is 23.2. The molecule has 0 fully saturated rings. The fraction of sp³-hybridized carbons (Fsp3) is 1.00. The van der Waals surface area contributed by atoms with E-state index in [2.05, 4.69) is 13.8 Å². The third-order valence-corrected chi connectivity index (χ3v) is 3.94. The number of hydrogen-bond acceptors (Lipinski definition) is 1. The van der Waals surface area contributed by atoms with Crippen molar-refractivity contribution in [2.24, 2.45) is 5.92 Å². The molecular weight excluding hydrogens is 255 g/mol. The van der Waals surface area contributed by atoms with Crippen molar-refractivity contribution in [3.05, 3.63) is 0 Å². The molecule has 20 heavy (non-hydrogen) atoms. The zero-order valence-corrected chi connectivity index (χ0v) is 16.6. The molecule has 0 aliphatic heterocycles. The summed E-state index contributed by atoms with van der Waals surface area (Å²) in [7, 11) is 0. The van der Waals surface area contributed by atoms with Gasteiger partial charge in [0.15, 0.2) is 0 Å². The van der Waals surface area contributed by atoms with Crippen LogP contribution in [0.15, 0.2) is 0 Å². The molecule has 0 atom stereocenters. The van der Waals surface area contributed by atoms with Crippen molar-refractivity contribution >= 4 is 0 Å². The van der Waals surface area contributed by atoms with Crippen molar-refractivity contribution in [1.82, 2.24) is 0 Å². The number of hydrogen-bond donors (Lipinski definition) is 1. The first-order valence-electron chi connectivity index (χ1n) is 8.88. The summed E-state index contributed by atoms with van der Waals surface area (Å²) in [5.41, 5.74) is 0. The predicted octanol–water partition coefficient (Wildman–Crippen LogP) is 3.21. The molecule has 0 saturated heterocycles. The number of rotatable bonds is 15. The quantitative estimate of drug-likeness (QED) is 0.363. The minimum atomic E-state index is 0. The zero-order valence-electron chi connectivity index (χ0n) is 15.6. The Hall–Kier alpha value is 0.960. The van der Waals surface area contributed by atoms with Gasteiger partial charge >= 0.3 is 29.6 Å². The van der Waals surface area contributed by atoms with E-state index < -0.39 is 0 Å². The molecule has 0 radical (unpaired) electrons. The molecule has 0 saturated carbocycles. The summed E-state index contributed by atoms with van der Waals surface area (Å²) in [5, 5.41) is 8.67. The first-order chi connectivity index (χ1) is 9.27. The van der Waals surface area contributed by atoms with Crippen LogP contribution in [0.5, 0.6) is 0 Å². The summed E-state index contributed by atoms with van der Waals surface area (Å²) in [5.74, 6) is 0.886. The van der Waals surface area contributed by atoms with Gasteiger partial charge in [0.1, 0.15) is 0 Å². The van der Waals surface area contributed by atoms with Crippen LogP contribution in [0.2, 0.25) is 0 Å². The van der Waals surface area contributed by atoms with Gasteiger partial charge in [-0.1, -0.05) is 97.3 Å². The Kier molecular flexibility index (Phi) is 23.2. The first-order valence-corrected chi connectivity index (χ1v) is 8.88. The Labute approximate surface area is 152 Å². The topological polar surface area (TPSA) is 20.2 Å². The Balaban J connectivity index is -0.00000162. The standard InChI is InChI=1S/C18H38O.Na.H/c1-18(2)16-14-12-10-8-6-4-3-5-7-9-11-13-15-17-19;;/h18-19H,3-17H2,1-2H3;;/q;+1;-1. The molecule has 0 amide bonds. The van der Waals surface area contributed by atoms with E-state index in [-0.39, 0.29) is 31.0 Å². The van der Waals surface area contributed by atoms with Crippen molar-refractivity contribution in [3.8, 4) is 0 Å². The summed E-state index contributed by atoms with van der Waals surface area (Å²) in [6.07, 6.45) is 19.3. The van der Waals surface area contributed by atoms with Gasteiger partial charge in [0.05, 0.1) is 0 Å². The summed E-state index contributed by atoms with van der Waals surface area (Å²) < 4.78 is 0. The molecule has 0 aliphatic rings. The Bertz CT molecular complexity index is 165. The van der Waals surface area contributed by atoms with Gasteiger partial charge in [0.2, 0.25) is 0 Å². The zero-order chi connectivity index (χ0) is 14.2. The average molecular weight is 294 g/mol. The van der Waals surface area contributed by atoms with E-state index in [4.69, 9.17) is 5.11 Å². The summed E-state index contributed by atoms with van der Waals surface area (Å²) in [6, 6.07) is 0. The molecule has 1 N–H and O–H groups in total. The van der Waals surface area contributed by atoms with Gasteiger partial charge in [0, 0.05) is 6.61 Å². The summed E-state index contributed by atoms with van der Waals surface area (Å²) >= 11 is 0. The summed E-state index contributed by atoms with van der Waals surface area (Å²) in [6.45, 7) is 5.02. The third-order valence-electron chi connectivity index (χ3n) is 3.94. The van der Waals surface area contributed by atoms with E-state index in [1.165, 1.54) is 83.5 Å². The van der Waals surface area contributed by atoms with Crippen LogP contribution in [0, 0.1) is 5.92 Å². The molecule has 0 bridgehead atoms. The SMILES string of the molecule is CC(C)CCCCCCCCCCCCCCCO.[H-].[Na+]. The van der Waals surface area contributed by atoms with E-state index in [0.717, 1.165) is 12.3 Å². The number of aliphatic hydroxyl groups is 1. The van der Waals surface area contributed by atoms with Crippen molar-refractivity contribution < 1.29 is 36.1 Å². The van der Waals surface area contributed by atoms with Crippen LogP contribution in [0.4, 0.5) is 0 Å². The Morgan fingerprint density at radius 1 is 0.600 bits per heavy atom. The van der Waals surface area contributed by atoms with Crippen molar-refractivity contribution in [3.63, 3.8) is 0 Å². The molecule has 0 unspecified atom stereocenters. The van der Waals surface area contributed by atoms with E-state index in [9.17, 15) is 0 Å². The fourth-order valence-electron chi connectivity index (χ4n) is 2.61. The van der Waals surface area contributed by atoms with Crippen LogP contribution in [0.25, 0.3) is 0 Å². The van der Waals surface area contributed by atoms with Crippen LogP contribution in [-0.2, 0) is 0 Å². The van der Waals surface area contributed by atoms with E-state index in [1.54, 1.807) is 0 Å². The molecule has 1 nitrogen and oxygen atoms in total. The third kappa shape index (κ3) is 21.3. The predicted molar refractivity (Wildman–Crippen MR) is 87.7 cm³/mol. The maximum absolute atomic E-state index is 8.67. The molecule has 0 aromatic heterocycles. The Morgan fingerprint density at radius 2 is 0.900 bits per heavy atom. The summed E-state index contributed by atoms with van der Waals surface area (Å²) in [4.78, 5) is 0. The van der Waals surface area contributed by atoms with E-state index in [0.29, 0.717) is 6.61 Å². The van der Waals surface area contributed by atoms with Crippen molar-refractivity contribution in [2.75, 3.05) is 6.61 Å². The van der Waals surface area contributed by atoms with Crippen molar-refractivity contribution in [1.29, 1.82) is 0 Å². The van der Waals surface area contributed by atoms with Gasteiger partial charge in [0.25, 0.3) is 0 Å². The maximum Gasteiger partial charge on any atom is 1.00 e. The van der Waals surface area contributed by atoms with Gasteiger partial charge in [-0.2, -0.15) is 0 Å². The molecule has 0 spiro atoms. The molecule has 0 aromatic rings. The average Bonchev–Trinajstić information content (AvgIpc) is 2.39. The smallest absolute Gasteiger partial charge is 1.00 e. The minimum Gasteiger partial charge on any atom is -1.00 e. The van der Waals surface area contributed by atoms with E-state index in [1.807, 2.05) is 0 Å². The molecule has 0 aliphatic carbocycles. The monoisotopic (exact) mass is 294 g/mol. The molecule has 0 heterocycles. The Morgan fingerprint density at radius 3 is 1.20 bits per heavy atom. The van der Waals surface area contributed by atoms with E-state index >= 15 is 0 Å². The molecular formula is C18H39NaO. The van der Waals surface area contributed by atoms with Gasteiger partial charge in [-0.05, 0) is 12.3 Å². The van der Waals surface area contributed by atoms with Crippen LogP contribution >= 0.6 is 0 Å². The second-order valence-electron chi connectivity index (χ2n) is 6.50. The minimum absolute atomic E-state index is 0. The van der Waals surface area contributed by atoms with Gasteiger partial charge in [-0.15, -0.1) is 0 Å². The van der Waals surface area contributed by atoms with Crippen LogP contribution < -0.4 is 29.6 Å². The van der Waals surface area contributed by atoms with Crippen molar-refractivity contribution in [2.45, 2.75) is 104 Å². The molecule has 0 rings (SSSR count). The van der Waals surface area contributed by atoms with Crippen LogP contribution in [0.3, 0.4) is 0 Å².